The monoisotopic (exact) mass is 343 g/mol. The zero-order valence-corrected chi connectivity index (χ0v) is 13.9. The molecule has 0 spiro atoms. The van der Waals surface area contributed by atoms with E-state index in [1.165, 1.54) is 0 Å². The largest absolute Gasteiger partial charge is 0.494 e. The third kappa shape index (κ3) is 5.36. The first kappa shape index (κ1) is 17.4. The van der Waals surface area contributed by atoms with Crippen LogP contribution in [0.3, 0.4) is 0 Å². The number of rotatable bonds is 6. The molecule has 0 fully saturated rings. The maximum Gasteiger partial charge on any atom is 0.343 e. The van der Waals surface area contributed by atoms with Crippen LogP contribution in [0.4, 0.5) is 0 Å². The van der Waals surface area contributed by atoms with Crippen molar-refractivity contribution >= 4 is 29.5 Å². The number of thiocarbonyl (C=S) groups is 1. The number of hydrazone groups is 1. The van der Waals surface area contributed by atoms with E-state index in [9.17, 15) is 4.79 Å². The van der Waals surface area contributed by atoms with E-state index in [2.05, 4.69) is 22.7 Å². The van der Waals surface area contributed by atoms with Gasteiger partial charge >= 0.3 is 5.97 Å². The predicted octanol–water partition coefficient (Wildman–Crippen LogP) is 2.47. The van der Waals surface area contributed by atoms with Gasteiger partial charge in [0.05, 0.1) is 18.4 Å². The van der Waals surface area contributed by atoms with Crippen molar-refractivity contribution in [2.45, 2.75) is 6.92 Å². The summed E-state index contributed by atoms with van der Waals surface area (Å²) in [5.41, 5.74) is 8.97. The number of carbonyl (C=O) groups is 1. The van der Waals surface area contributed by atoms with Gasteiger partial charge in [0.2, 0.25) is 0 Å². The summed E-state index contributed by atoms with van der Waals surface area (Å²) in [5.74, 6) is 0.714. The zero-order valence-electron chi connectivity index (χ0n) is 13.1. The molecule has 6 nitrogen and oxygen atoms in total. The molecule has 0 saturated carbocycles. The average Bonchev–Trinajstić information content (AvgIpc) is 2.57. The second-order valence-corrected chi connectivity index (χ2v) is 5.09. The van der Waals surface area contributed by atoms with Crippen LogP contribution in [-0.2, 0) is 0 Å². The SMILES string of the molecule is CCOc1ccc(C(=O)Oc2ccc(/C=N/NC(N)=S)cc2)cc1. The Kier molecular flexibility index (Phi) is 6.27. The zero-order chi connectivity index (χ0) is 17.4. The van der Waals surface area contributed by atoms with Crippen LogP contribution in [0.5, 0.6) is 11.5 Å². The van der Waals surface area contributed by atoms with Gasteiger partial charge in [0, 0.05) is 0 Å². The summed E-state index contributed by atoms with van der Waals surface area (Å²) in [7, 11) is 0. The Morgan fingerprint density at radius 3 is 2.38 bits per heavy atom. The van der Waals surface area contributed by atoms with Crippen LogP contribution in [0.25, 0.3) is 0 Å². The van der Waals surface area contributed by atoms with E-state index in [1.807, 2.05) is 6.92 Å². The Bertz CT molecular complexity index is 728. The van der Waals surface area contributed by atoms with Gasteiger partial charge in [0.15, 0.2) is 5.11 Å². The highest BCUT2D eigenvalue weighted by molar-refractivity contribution is 7.80. The van der Waals surface area contributed by atoms with Gasteiger partial charge in [0.1, 0.15) is 11.5 Å². The molecule has 0 aliphatic carbocycles. The molecule has 7 heteroatoms. The summed E-state index contributed by atoms with van der Waals surface area (Å²) in [4.78, 5) is 12.1. The van der Waals surface area contributed by atoms with Crippen molar-refractivity contribution in [1.82, 2.24) is 5.43 Å². The minimum atomic E-state index is -0.436. The lowest BCUT2D eigenvalue weighted by Crippen LogP contribution is -2.23. The van der Waals surface area contributed by atoms with Crippen LogP contribution in [0.1, 0.15) is 22.8 Å². The smallest absolute Gasteiger partial charge is 0.343 e. The molecule has 0 aliphatic heterocycles. The van der Waals surface area contributed by atoms with E-state index < -0.39 is 5.97 Å². The van der Waals surface area contributed by atoms with Gasteiger partial charge in [-0.2, -0.15) is 5.10 Å². The van der Waals surface area contributed by atoms with Crippen LogP contribution >= 0.6 is 12.2 Å². The quantitative estimate of drug-likeness (QED) is 0.275. The Balaban J connectivity index is 1.96. The molecule has 0 bridgehead atoms. The minimum absolute atomic E-state index is 0.0900. The van der Waals surface area contributed by atoms with Gasteiger partial charge in [-0.3, -0.25) is 5.43 Å². The maximum absolute atomic E-state index is 12.1. The molecule has 0 heterocycles. The van der Waals surface area contributed by atoms with Crippen LogP contribution in [0, 0.1) is 0 Å². The highest BCUT2D eigenvalue weighted by Crippen LogP contribution is 2.16. The van der Waals surface area contributed by atoms with E-state index in [-0.39, 0.29) is 5.11 Å². The molecule has 0 saturated heterocycles. The molecule has 0 radical (unpaired) electrons. The predicted molar refractivity (Wildman–Crippen MR) is 96.5 cm³/mol. The van der Waals surface area contributed by atoms with E-state index in [0.29, 0.717) is 23.7 Å². The normalized spacial score (nSPS) is 10.4. The molecule has 0 aliphatic rings. The second-order valence-electron chi connectivity index (χ2n) is 4.65. The maximum atomic E-state index is 12.1. The van der Waals surface area contributed by atoms with Crippen molar-refractivity contribution in [3.63, 3.8) is 0 Å². The molecule has 124 valence electrons. The summed E-state index contributed by atoms with van der Waals surface area (Å²) in [5, 5.41) is 3.93. The van der Waals surface area contributed by atoms with Crippen molar-refractivity contribution in [3.8, 4) is 11.5 Å². The lowest BCUT2D eigenvalue weighted by atomic mass is 10.2. The van der Waals surface area contributed by atoms with Gasteiger partial charge in [-0.25, -0.2) is 4.79 Å². The minimum Gasteiger partial charge on any atom is -0.494 e. The summed E-state index contributed by atoms with van der Waals surface area (Å²) in [6.07, 6.45) is 1.55. The number of hydrogen-bond donors (Lipinski definition) is 2. The lowest BCUT2D eigenvalue weighted by molar-refractivity contribution is 0.0734. The molecule has 0 amide bonds. The first-order valence-electron chi connectivity index (χ1n) is 7.22. The number of ether oxygens (including phenoxy) is 2. The van der Waals surface area contributed by atoms with Crippen LogP contribution in [-0.4, -0.2) is 23.9 Å². The molecular formula is C17H17N3O3S. The summed E-state index contributed by atoms with van der Waals surface area (Å²) in [6, 6.07) is 13.6. The van der Waals surface area contributed by atoms with Crippen LogP contribution < -0.4 is 20.6 Å². The number of nitrogens with one attached hydrogen (secondary N) is 1. The first-order chi connectivity index (χ1) is 11.6. The molecule has 0 unspecified atom stereocenters. The molecule has 3 N–H and O–H groups in total. The van der Waals surface area contributed by atoms with E-state index in [0.717, 1.165) is 5.56 Å². The molecule has 2 aromatic rings. The Morgan fingerprint density at radius 2 is 1.79 bits per heavy atom. The summed E-state index contributed by atoms with van der Waals surface area (Å²) >= 11 is 4.64. The second kappa shape index (κ2) is 8.64. The van der Waals surface area contributed by atoms with Crippen LogP contribution in [0.15, 0.2) is 53.6 Å². The van der Waals surface area contributed by atoms with Gasteiger partial charge < -0.3 is 15.2 Å². The third-order valence-electron chi connectivity index (χ3n) is 2.88. The first-order valence-corrected chi connectivity index (χ1v) is 7.63. The Labute approximate surface area is 145 Å². The van der Waals surface area contributed by atoms with Crippen molar-refractivity contribution in [2.75, 3.05) is 6.61 Å². The highest BCUT2D eigenvalue weighted by atomic mass is 32.1. The lowest BCUT2D eigenvalue weighted by Gasteiger charge is -2.06. The topological polar surface area (TPSA) is 85.9 Å². The van der Waals surface area contributed by atoms with E-state index >= 15 is 0 Å². The summed E-state index contributed by atoms with van der Waals surface area (Å²) < 4.78 is 10.7. The fourth-order valence-electron chi connectivity index (χ4n) is 1.81. The fourth-order valence-corrected chi connectivity index (χ4v) is 1.86. The standard InChI is InChI=1S/C17H17N3O3S/c1-2-22-14-9-5-13(6-10-14)16(21)23-15-7-3-12(4-8-15)11-19-20-17(18)24/h3-11H,2H2,1H3,(H3,18,20,24)/b19-11+. The van der Waals surface area contributed by atoms with E-state index in [4.69, 9.17) is 15.2 Å². The number of nitrogens with two attached hydrogens (primary N) is 1. The van der Waals surface area contributed by atoms with Gasteiger partial charge in [-0.1, -0.05) is 0 Å². The molecule has 0 aromatic heterocycles. The molecule has 2 rings (SSSR count). The Hall–Kier alpha value is -2.93. The van der Waals surface area contributed by atoms with Crippen molar-refractivity contribution in [2.24, 2.45) is 10.8 Å². The number of benzene rings is 2. The van der Waals surface area contributed by atoms with Gasteiger partial charge in [-0.15, -0.1) is 0 Å². The van der Waals surface area contributed by atoms with Gasteiger partial charge in [-0.05, 0) is 73.2 Å². The Morgan fingerprint density at radius 1 is 1.17 bits per heavy atom. The molecule has 2 aromatic carbocycles. The fraction of sp³-hybridized carbons (Fsp3) is 0.118. The average molecular weight is 343 g/mol. The third-order valence-corrected chi connectivity index (χ3v) is 2.97. The van der Waals surface area contributed by atoms with Crippen molar-refractivity contribution < 1.29 is 14.3 Å². The van der Waals surface area contributed by atoms with Crippen molar-refractivity contribution in [3.05, 3.63) is 59.7 Å². The number of nitrogens with zero attached hydrogens (tertiary/aromatic N) is 1. The number of carbonyl (C=O) groups excluding carboxylic acids is 1. The van der Waals surface area contributed by atoms with Crippen LogP contribution in [0.2, 0.25) is 0 Å². The number of esters is 1. The van der Waals surface area contributed by atoms with Crippen molar-refractivity contribution in [1.29, 1.82) is 0 Å². The highest BCUT2D eigenvalue weighted by Gasteiger charge is 2.08. The molecule has 0 atom stereocenters. The van der Waals surface area contributed by atoms with Gasteiger partial charge in [0.25, 0.3) is 0 Å². The molecule has 24 heavy (non-hydrogen) atoms. The molecular weight excluding hydrogens is 326 g/mol. The summed E-state index contributed by atoms with van der Waals surface area (Å²) in [6.45, 7) is 2.48. The number of hydrogen-bond acceptors (Lipinski definition) is 5. The van der Waals surface area contributed by atoms with E-state index in [1.54, 1.807) is 54.7 Å².